The summed E-state index contributed by atoms with van der Waals surface area (Å²) in [7, 11) is 0. The van der Waals surface area contributed by atoms with E-state index in [1.54, 1.807) is 0 Å². The van der Waals surface area contributed by atoms with Gasteiger partial charge in [0.2, 0.25) is 0 Å². The van der Waals surface area contributed by atoms with Crippen molar-refractivity contribution in [3.05, 3.63) is 35.9 Å². The van der Waals surface area contributed by atoms with Gasteiger partial charge in [-0.3, -0.25) is 0 Å². The van der Waals surface area contributed by atoms with Crippen LogP contribution < -0.4 is 0 Å². The lowest BCUT2D eigenvalue weighted by atomic mass is 9.67. The zero-order valence-electron chi connectivity index (χ0n) is 14.0. The third-order valence-corrected chi connectivity index (χ3v) is 4.14. The van der Waals surface area contributed by atoms with Crippen LogP contribution in [0.5, 0.6) is 0 Å². The lowest BCUT2D eigenvalue weighted by Gasteiger charge is -2.37. The van der Waals surface area contributed by atoms with Gasteiger partial charge in [0.05, 0.1) is 0 Å². The topological polar surface area (TPSA) is 0 Å². The van der Waals surface area contributed by atoms with Crippen molar-refractivity contribution in [1.29, 1.82) is 0 Å². The standard InChI is InChI=1S/C15H22.2C2H6/c1-15(2,13-9-5-3-6-10-13)14-11-7-4-8-12-14;2*1-2/h3,5-6,9-10,14H,4,7-8,11-12H2,1-2H3;2*1-2H3. The molecule has 0 heteroatoms. The van der Waals surface area contributed by atoms with Crippen LogP contribution in [-0.4, -0.2) is 0 Å². The van der Waals surface area contributed by atoms with E-state index < -0.39 is 0 Å². The summed E-state index contributed by atoms with van der Waals surface area (Å²) in [6.45, 7) is 12.8. The van der Waals surface area contributed by atoms with E-state index in [0.29, 0.717) is 5.41 Å². The fourth-order valence-electron chi connectivity index (χ4n) is 2.93. The zero-order valence-corrected chi connectivity index (χ0v) is 14.0. The van der Waals surface area contributed by atoms with Gasteiger partial charge in [-0.2, -0.15) is 0 Å². The molecule has 0 amide bonds. The molecule has 110 valence electrons. The second-order valence-corrected chi connectivity index (χ2v) is 5.42. The highest BCUT2D eigenvalue weighted by Gasteiger charge is 2.31. The minimum absolute atomic E-state index is 0.363. The molecule has 1 aromatic rings. The van der Waals surface area contributed by atoms with Crippen molar-refractivity contribution in [1.82, 2.24) is 0 Å². The van der Waals surface area contributed by atoms with Crippen LogP contribution in [0, 0.1) is 5.92 Å². The van der Waals surface area contributed by atoms with Gasteiger partial charge in [-0.05, 0) is 29.7 Å². The Hall–Kier alpha value is -0.780. The van der Waals surface area contributed by atoms with Gasteiger partial charge >= 0.3 is 0 Å². The summed E-state index contributed by atoms with van der Waals surface area (Å²) in [6.07, 6.45) is 7.15. The Morgan fingerprint density at radius 2 is 1.26 bits per heavy atom. The monoisotopic (exact) mass is 262 g/mol. The minimum Gasteiger partial charge on any atom is -0.0683 e. The molecule has 1 saturated carbocycles. The maximum atomic E-state index is 2.42. The van der Waals surface area contributed by atoms with Gasteiger partial charge in [0, 0.05) is 0 Å². The number of hydrogen-bond donors (Lipinski definition) is 0. The van der Waals surface area contributed by atoms with Gasteiger partial charge in [0.25, 0.3) is 0 Å². The molecule has 0 N–H and O–H groups in total. The molecule has 1 aliphatic rings. The largest absolute Gasteiger partial charge is 0.0683 e. The Bertz CT molecular complexity index is 291. The molecule has 0 aliphatic heterocycles. The van der Waals surface area contributed by atoms with Crippen LogP contribution in [0.15, 0.2) is 30.3 Å². The second kappa shape index (κ2) is 10.1. The molecule has 0 saturated heterocycles. The summed E-state index contributed by atoms with van der Waals surface area (Å²) >= 11 is 0. The summed E-state index contributed by atoms with van der Waals surface area (Å²) in [5, 5.41) is 0. The first-order chi connectivity index (χ1) is 9.21. The molecule has 0 unspecified atom stereocenters. The van der Waals surface area contributed by atoms with Crippen LogP contribution >= 0.6 is 0 Å². The van der Waals surface area contributed by atoms with Gasteiger partial charge < -0.3 is 0 Å². The van der Waals surface area contributed by atoms with Crippen LogP contribution in [0.4, 0.5) is 0 Å². The first-order valence-corrected chi connectivity index (χ1v) is 8.27. The van der Waals surface area contributed by atoms with Crippen LogP contribution in [-0.2, 0) is 5.41 Å². The van der Waals surface area contributed by atoms with E-state index in [0.717, 1.165) is 5.92 Å². The quantitative estimate of drug-likeness (QED) is 0.563. The Kier molecular flexibility index (Phi) is 9.65. The number of hydrogen-bond acceptors (Lipinski definition) is 0. The van der Waals surface area contributed by atoms with E-state index in [9.17, 15) is 0 Å². The first kappa shape index (κ1) is 18.2. The van der Waals surface area contributed by atoms with Gasteiger partial charge in [-0.15, -0.1) is 0 Å². The molecule has 19 heavy (non-hydrogen) atoms. The maximum Gasteiger partial charge on any atom is -0.00753 e. The molecule has 0 atom stereocenters. The summed E-state index contributed by atoms with van der Waals surface area (Å²) in [5.74, 6) is 0.883. The smallest absolute Gasteiger partial charge is 0.00753 e. The van der Waals surface area contributed by atoms with E-state index >= 15 is 0 Å². The lowest BCUT2D eigenvalue weighted by Crippen LogP contribution is -2.30. The molecule has 0 aromatic heterocycles. The van der Waals surface area contributed by atoms with Crippen molar-refractivity contribution in [2.75, 3.05) is 0 Å². The fraction of sp³-hybridized carbons (Fsp3) is 0.684. The van der Waals surface area contributed by atoms with Crippen molar-refractivity contribution >= 4 is 0 Å². The molecule has 1 fully saturated rings. The van der Waals surface area contributed by atoms with Gasteiger partial charge in [-0.1, -0.05) is 91.1 Å². The highest BCUT2D eigenvalue weighted by molar-refractivity contribution is 5.24. The normalized spacial score (nSPS) is 15.7. The molecule has 0 nitrogen and oxygen atoms in total. The zero-order chi connectivity index (χ0) is 14.7. The number of benzene rings is 1. The predicted octanol–water partition coefficient (Wildman–Crippen LogP) is 6.60. The summed E-state index contributed by atoms with van der Waals surface area (Å²) in [4.78, 5) is 0. The summed E-state index contributed by atoms with van der Waals surface area (Å²) in [5.41, 5.74) is 1.87. The van der Waals surface area contributed by atoms with Crippen molar-refractivity contribution in [3.8, 4) is 0 Å². The van der Waals surface area contributed by atoms with Crippen LogP contribution in [0.2, 0.25) is 0 Å². The van der Waals surface area contributed by atoms with E-state index in [1.165, 1.54) is 37.7 Å². The van der Waals surface area contributed by atoms with Crippen molar-refractivity contribution < 1.29 is 0 Å². The third-order valence-electron chi connectivity index (χ3n) is 4.14. The summed E-state index contributed by atoms with van der Waals surface area (Å²) in [6, 6.07) is 11.0. The number of rotatable bonds is 2. The average Bonchev–Trinajstić information content (AvgIpc) is 2.53. The fourth-order valence-corrected chi connectivity index (χ4v) is 2.93. The molecule has 0 bridgehead atoms. The van der Waals surface area contributed by atoms with Crippen molar-refractivity contribution in [2.45, 2.75) is 79.1 Å². The molecular weight excluding hydrogens is 228 g/mol. The molecule has 1 aliphatic carbocycles. The first-order valence-electron chi connectivity index (χ1n) is 8.27. The third kappa shape index (κ3) is 5.38. The Balaban J connectivity index is 0.000000741. The lowest BCUT2D eigenvalue weighted by molar-refractivity contribution is 0.236. The van der Waals surface area contributed by atoms with Gasteiger partial charge in [-0.25, -0.2) is 0 Å². The predicted molar refractivity (Wildman–Crippen MR) is 88.7 cm³/mol. The molecular formula is C19H34. The second-order valence-electron chi connectivity index (χ2n) is 5.42. The van der Waals surface area contributed by atoms with E-state index in [4.69, 9.17) is 0 Å². The minimum atomic E-state index is 0.363. The maximum absolute atomic E-state index is 2.42. The van der Waals surface area contributed by atoms with Crippen LogP contribution in [0.1, 0.15) is 79.2 Å². The SMILES string of the molecule is CC.CC.CC(C)(c1ccccc1)C1CCCCC1. The van der Waals surface area contributed by atoms with Crippen LogP contribution in [0.3, 0.4) is 0 Å². The van der Waals surface area contributed by atoms with Gasteiger partial charge in [0.15, 0.2) is 0 Å². The Labute approximate surface area is 121 Å². The van der Waals surface area contributed by atoms with E-state index in [2.05, 4.69) is 44.2 Å². The highest BCUT2D eigenvalue weighted by Crippen LogP contribution is 2.40. The van der Waals surface area contributed by atoms with Crippen molar-refractivity contribution in [3.63, 3.8) is 0 Å². The molecule has 0 spiro atoms. The summed E-state index contributed by atoms with van der Waals surface area (Å²) < 4.78 is 0. The van der Waals surface area contributed by atoms with Crippen LogP contribution in [0.25, 0.3) is 0 Å². The molecule has 0 radical (unpaired) electrons. The molecule has 1 aromatic carbocycles. The average molecular weight is 262 g/mol. The molecule has 0 heterocycles. The molecule has 2 rings (SSSR count). The van der Waals surface area contributed by atoms with E-state index in [1.807, 2.05) is 27.7 Å². The highest BCUT2D eigenvalue weighted by atomic mass is 14.4. The Morgan fingerprint density at radius 1 is 0.789 bits per heavy atom. The van der Waals surface area contributed by atoms with Crippen molar-refractivity contribution in [2.24, 2.45) is 5.92 Å². The Morgan fingerprint density at radius 3 is 1.74 bits per heavy atom. The van der Waals surface area contributed by atoms with Gasteiger partial charge in [0.1, 0.15) is 0 Å². The van der Waals surface area contributed by atoms with E-state index in [-0.39, 0.29) is 0 Å².